The van der Waals surface area contributed by atoms with Crippen LogP contribution in [0.15, 0.2) is 0 Å². The highest BCUT2D eigenvalue weighted by Gasteiger charge is 2.40. The molecule has 2 fully saturated rings. The zero-order valence-corrected chi connectivity index (χ0v) is 12.2. The first-order valence-electron chi connectivity index (χ1n) is 7.38. The zero-order chi connectivity index (χ0) is 13.2. The van der Waals surface area contributed by atoms with E-state index in [1.165, 1.54) is 25.9 Å². The minimum absolute atomic E-state index is 0.226. The maximum atomic E-state index is 6.14. The third-order valence-electron chi connectivity index (χ3n) is 4.75. The number of hydrogen-bond donors (Lipinski definition) is 1. The van der Waals surface area contributed by atoms with Gasteiger partial charge in [-0.3, -0.25) is 4.90 Å². The van der Waals surface area contributed by atoms with E-state index in [9.17, 15) is 0 Å². The molecule has 0 amide bonds. The lowest BCUT2D eigenvalue weighted by Gasteiger charge is -2.51. The Bertz CT molecular complexity index is 262. The highest BCUT2D eigenvalue weighted by atomic mass is 16.5. The van der Waals surface area contributed by atoms with E-state index in [0.717, 1.165) is 26.2 Å². The van der Waals surface area contributed by atoms with Crippen LogP contribution in [0.1, 0.15) is 33.6 Å². The highest BCUT2D eigenvalue weighted by molar-refractivity contribution is 4.98. The Labute approximate surface area is 111 Å². The third-order valence-corrected chi connectivity index (χ3v) is 4.75. The summed E-state index contributed by atoms with van der Waals surface area (Å²) < 4.78 is 5.65. The molecule has 0 aliphatic carbocycles. The predicted molar refractivity (Wildman–Crippen MR) is 74.7 cm³/mol. The fourth-order valence-electron chi connectivity index (χ4n) is 3.36. The molecule has 2 N–H and O–H groups in total. The third kappa shape index (κ3) is 2.87. The van der Waals surface area contributed by atoms with Gasteiger partial charge in [0.2, 0.25) is 0 Å². The van der Waals surface area contributed by atoms with Gasteiger partial charge in [-0.05, 0) is 33.6 Å². The lowest BCUT2D eigenvalue weighted by Crippen LogP contribution is -2.63. The molecule has 4 heteroatoms. The van der Waals surface area contributed by atoms with Gasteiger partial charge in [-0.25, -0.2) is 0 Å². The SMILES string of the molecule is CC1CN(C2(CN)CCN(C(C)C)CC2)CCO1. The van der Waals surface area contributed by atoms with Crippen LogP contribution >= 0.6 is 0 Å². The quantitative estimate of drug-likeness (QED) is 0.814. The van der Waals surface area contributed by atoms with Crippen LogP contribution in [0, 0.1) is 0 Å². The Morgan fingerprint density at radius 2 is 1.94 bits per heavy atom. The maximum Gasteiger partial charge on any atom is 0.0674 e. The topological polar surface area (TPSA) is 41.7 Å². The maximum absolute atomic E-state index is 6.14. The molecule has 0 bridgehead atoms. The summed E-state index contributed by atoms with van der Waals surface area (Å²) in [5, 5.41) is 0. The summed E-state index contributed by atoms with van der Waals surface area (Å²) in [5.41, 5.74) is 6.36. The second-order valence-corrected chi connectivity index (χ2v) is 6.19. The summed E-state index contributed by atoms with van der Waals surface area (Å²) in [4.78, 5) is 5.16. The zero-order valence-electron chi connectivity index (χ0n) is 12.2. The molecule has 0 aromatic rings. The van der Waals surface area contributed by atoms with Gasteiger partial charge in [-0.15, -0.1) is 0 Å². The van der Waals surface area contributed by atoms with Gasteiger partial charge in [0, 0.05) is 44.3 Å². The van der Waals surface area contributed by atoms with Crippen molar-refractivity contribution < 1.29 is 4.74 Å². The van der Waals surface area contributed by atoms with E-state index in [2.05, 4.69) is 30.6 Å². The van der Waals surface area contributed by atoms with Gasteiger partial charge in [0.1, 0.15) is 0 Å². The first-order chi connectivity index (χ1) is 8.57. The van der Waals surface area contributed by atoms with E-state index in [-0.39, 0.29) is 5.54 Å². The Hall–Kier alpha value is -0.160. The lowest BCUT2D eigenvalue weighted by molar-refractivity contribution is -0.0783. The van der Waals surface area contributed by atoms with Crippen LogP contribution in [0.5, 0.6) is 0 Å². The van der Waals surface area contributed by atoms with Crippen LogP contribution in [-0.2, 0) is 4.74 Å². The van der Waals surface area contributed by atoms with Crippen LogP contribution in [0.25, 0.3) is 0 Å². The molecule has 2 heterocycles. The van der Waals surface area contributed by atoms with Crippen molar-refractivity contribution in [3.05, 3.63) is 0 Å². The lowest BCUT2D eigenvalue weighted by atomic mass is 9.84. The summed E-state index contributed by atoms with van der Waals surface area (Å²) in [6.45, 7) is 12.8. The molecule has 0 aromatic carbocycles. The first kappa shape index (κ1) is 14.3. The van der Waals surface area contributed by atoms with E-state index >= 15 is 0 Å². The van der Waals surface area contributed by atoms with Crippen molar-refractivity contribution in [1.82, 2.24) is 9.80 Å². The summed E-state index contributed by atoms with van der Waals surface area (Å²) in [6, 6.07) is 0.657. The van der Waals surface area contributed by atoms with E-state index < -0.39 is 0 Å². The second kappa shape index (κ2) is 5.87. The molecular formula is C14H29N3O. The van der Waals surface area contributed by atoms with Crippen LogP contribution < -0.4 is 5.73 Å². The minimum Gasteiger partial charge on any atom is -0.376 e. The van der Waals surface area contributed by atoms with Gasteiger partial charge in [0.25, 0.3) is 0 Å². The summed E-state index contributed by atoms with van der Waals surface area (Å²) >= 11 is 0. The number of morpholine rings is 1. The summed E-state index contributed by atoms with van der Waals surface area (Å²) in [7, 11) is 0. The van der Waals surface area contributed by atoms with Crippen molar-refractivity contribution in [3.63, 3.8) is 0 Å². The van der Waals surface area contributed by atoms with Crippen molar-refractivity contribution in [2.45, 2.75) is 51.3 Å². The molecular weight excluding hydrogens is 226 g/mol. The van der Waals surface area contributed by atoms with Gasteiger partial charge >= 0.3 is 0 Å². The summed E-state index contributed by atoms with van der Waals surface area (Å²) in [5.74, 6) is 0. The van der Waals surface area contributed by atoms with Gasteiger partial charge in [-0.2, -0.15) is 0 Å². The molecule has 18 heavy (non-hydrogen) atoms. The van der Waals surface area contributed by atoms with Gasteiger partial charge in [0.05, 0.1) is 12.7 Å². The Kier molecular flexibility index (Phi) is 4.64. The van der Waals surface area contributed by atoms with Crippen molar-refractivity contribution in [2.75, 3.05) is 39.3 Å². The Morgan fingerprint density at radius 3 is 2.44 bits per heavy atom. The number of nitrogens with two attached hydrogens (primary N) is 1. The molecule has 0 radical (unpaired) electrons. The number of likely N-dealkylation sites (tertiary alicyclic amines) is 1. The minimum atomic E-state index is 0.226. The Balaban J connectivity index is 1.99. The average Bonchev–Trinajstić information content (AvgIpc) is 2.38. The van der Waals surface area contributed by atoms with Gasteiger partial charge in [0.15, 0.2) is 0 Å². The molecule has 0 saturated carbocycles. The standard InChI is InChI=1S/C14H29N3O/c1-12(2)16-6-4-14(11-15,5-7-16)17-8-9-18-13(3)10-17/h12-13H,4-11,15H2,1-3H3. The largest absolute Gasteiger partial charge is 0.376 e. The molecule has 1 unspecified atom stereocenters. The normalized spacial score (nSPS) is 30.8. The van der Waals surface area contributed by atoms with E-state index in [4.69, 9.17) is 10.5 Å². The molecule has 2 rings (SSSR count). The molecule has 106 valence electrons. The fraction of sp³-hybridized carbons (Fsp3) is 1.00. The van der Waals surface area contributed by atoms with E-state index in [1.807, 2.05) is 0 Å². The smallest absolute Gasteiger partial charge is 0.0674 e. The van der Waals surface area contributed by atoms with Crippen molar-refractivity contribution in [2.24, 2.45) is 5.73 Å². The van der Waals surface area contributed by atoms with Gasteiger partial charge < -0.3 is 15.4 Å². The molecule has 2 aliphatic heterocycles. The first-order valence-corrected chi connectivity index (χ1v) is 7.38. The molecule has 2 aliphatic rings. The van der Waals surface area contributed by atoms with Crippen LogP contribution in [0.2, 0.25) is 0 Å². The molecule has 0 spiro atoms. The van der Waals surface area contributed by atoms with Crippen LogP contribution in [0.3, 0.4) is 0 Å². The molecule has 4 nitrogen and oxygen atoms in total. The van der Waals surface area contributed by atoms with Gasteiger partial charge in [-0.1, -0.05) is 0 Å². The molecule has 1 atom stereocenters. The number of nitrogens with zero attached hydrogens (tertiary/aromatic N) is 2. The number of hydrogen-bond acceptors (Lipinski definition) is 4. The highest BCUT2D eigenvalue weighted by Crippen LogP contribution is 2.30. The monoisotopic (exact) mass is 255 g/mol. The Morgan fingerprint density at radius 1 is 1.28 bits per heavy atom. The fourth-order valence-corrected chi connectivity index (χ4v) is 3.36. The van der Waals surface area contributed by atoms with Crippen molar-refractivity contribution in [3.8, 4) is 0 Å². The summed E-state index contributed by atoms with van der Waals surface area (Å²) in [6.07, 6.45) is 2.76. The number of rotatable bonds is 3. The molecule has 2 saturated heterocycles. The second-order valence-electron chi connectivity index (χ2n) is 6.19. The number of ether oxygens (including phenoxy) is 1. The van der Waals surface area contributed by atoms with E-state index in [0.29, 0.717) is 12.1 Å². The van der Waals surface area contributed by atoms with Crippen LogP contribution in [-0.4, -0.2) is 66.8 Å². The van der Waals surface area contributed by atoms with Crippen molar-refractivity contribution in [1.29, 1.82) is 0 Å². The van der Waals surface area contributed by atoms with E-state index in [1.54, 1.807) is 0 Å². The molecule has 0 aromatic heterocycles. The predicted octanol–water partition coefficient (Wildman–Crippen LogP) is 0.909. The van der Waals surface area contributed by atoms with Crippen LogP contribution in [0.4, 0.5) is 0 Å². The average molecular weight is 255 g/mol. The van der Waals surface area contributed by atoms with Crippen molar-refractivity contribution >= 4 is 0 Å². The number of piperidine rings is 1.